The average molecular weight is 1620 g/mol. The van der Waals surface area contributed by atoms with Crippen LogP contribution in [0.25, 0.3) is 79.8 Å². The van der Waals surface area contributed by atoms with Crippen LogP contribution in [-0.2, 0) is 27.1 Å². The van der Waals surface area contributed by atoms with E-state index in [2.05, 4.69) is 469 Å². The summed E-state index contributed by atoms with van der Waals surface area (Å²) in [6.07, 6.45) is 18.9. The van der Waals surface area contributed by atoms with Crippen molar-refractivity contribution >= 4 is 40.8 Å². The van der Waals surface area contributed by atoms with Crippen LogP contribution < -0.4 is 9.47 Å². The summed E-state index contributed by atoms with van der Waals surface area (Å²) in [6.45, 7) is 40.5. The van der Waals surface area contributed by atoms with Crippen LogP contribution in [0, 0.1) is 11.3 Å². The van der Waals surface area contributed by atoms with Gasteiger partial charge in [0, 0.05) is 11.9 Å². The maximum atomic E-state index is 6.01. The molecule has 1 aliphatic rings. The summed E-state index contributed by atoms with van der Waals surface area (Å²) in [4.78, 5) is 0. The molecule has 0 bridgehead atoms. The van der Waals surface area contributed by atoms with E-state index in [1.54, 1.807) is 0 Å². The van der Waals surface area contributed by atoms with Gasteiger partial charge in [-0.2, -0.15) is 0 Å². The number of rotatable bonds is 13. The Morgan fingerprint density at radius 1 is 0.260 bits per heavy atom. The van der Waals surface area contributed by atoms with Gasteiger partial charge in [-0.15, -0.1) is 0 Å². The van der Waals surface area contributed by atoms with Gasteiger partial charge in [0.15, 0.2) is 0 Å². The number of benzene rings is 14. The maximum Gasteiger partial charge on any atom is 0.128 e. The lowest BCUT2D eigenvalue weighted by Crippen LogP contribution is -2.19. The zero-order valence-corrected chi connectivity index (χ0v) is 76.0. The molecule has 1 atom stereocenters. The van der Waals surface area contributed by atoms with Gasteiger partial charge in [0.05, 0.1) is 5.52 Å². The zero-order valence-electron chi connectivity index (χ0n) is 76.0. The third kappa shape index (κ3) is 28.1. The van der Waals surface area contributed by atoms with E-state index in [1.165, 1.54) is 111 Å². The molecule has 1 unspecified atom stereocenters. The minimum atomic E-state index is 0.122. The Hall–Kier alpha value is -12.8. The molecule has 0 radical (unpaired) electrons. The monoisotopic (exact) mass is 1610 g/mol. The van der Waals surface area contributed by atoms with Crippen molar-refractivity contribution in [2.75, 3.05) is 0 Å². The fourth-order valence-corrected chi connectivity index (χ4v) is 14.1. The van der Waals surface area contributed by atoms with E-state index < -0.39 is 0 Å². The van der Waals surface area contributed by atoms with E-state index in [4.69, 9.17) is 9.47 Å². The van der Waals surface area contributed by atoms with Gasteiger partial charge in [0.1, 0.15) is 23.0 Å². The molecular weight excluding hydrogens is 1490 g/mol. The van der Waals surface area contributed by atoms with Crippen molar-refractivity contribution in [3.63, 3.8) is 0 Å². The number of nitrogens with zero attached hydrogens (tertiary/aromatic N) is 1. The fourth-order valence-electron chi connectivity index (χ4n) is 14.1. The topological polar surface area (TPSA) is 23.4 Å². The number of para-hydroxylation sites is 2. The van der Waals surface area contributed by atoms with Gasteiger partial charge in [-0.1, -0.05) is 464 Å². The normalized spacial score (nSPS) is 12.8. The summed E-state index contributed by atoms with van der Waals surface area (Å²) in [6, 6.07) is 131. The van der Waals surface area contributed by atoms with E-state index in [0.717, 1.165) is 29.4 Å². The third-order valence-electron chi connectivity index (χ3n) is 21.9. The second-order valence-corrected chi connectivity index (χ2v) is 38.0. The van der Waals surface area contributed by atoms with E-state index in [-0.39, 0.29) is 27.1 Å². The standard InChI is InChI=1S/2C22H22O.C22H24.C18H19N.2C18H20/c1-22(2,3)19-11-7-9-17(15-19)18-10-8-14-21(16-18)23-20-12-5-4-6-13-20;1-22(2,3)19-10-7-11-21(16-19)23-20-14-12-18(13-15-20)17-8-5-4-6-9-17;1-22(2,3)21-14-8-13-20(16-21)19-12-7-11-18(15-19)17-9-5-4-6-10-17;1-18(2,3)15-10-9-14-11-12-19(17(14)13-15)16-7-5-4-6-8-16;2*1-18(2,3)17-13-11-16(12-14-17)10-9-15-7-5-4-6-8-15/h2*4-16H,1-3H3;4-13,15-16,21H,14H2,1-3H3;4-13H,1-3H3;2*4-14H,1-3H3/b;;;;10-9+;10-9-. The highest BCUT2D eigenvalue weighted by molar-refractivity contribution is 5.83. The van der Waals surface area contributed by atoms with Crippen LogP contribution in [0.15, 0.2) is 401 Å². The molecule has 0 saturated heterocycles. The molecule has 0 fully saturated rings. The molecule has 0 N–H and O–H groups in total. The first-order valence-electron chi connectivity index (χ1n) is 43.5. The predicted molar refractivity (Wildman–Crippen MR) is 534 cm³/mol. The van der Waals surface area contributed by atoms with Crippen molar-refractivity contribution in [1.29, 1.82) is 0 Å². The van der Waals surface area contributed by atoms with Crippen LogP contribution in [-0.4, -0.2) is 4.57 Å². The lowest BCUT2D eigenvalue weighted by molar-refractivity contribution is 0.294. The predicted octanol–water partition coefficient (Wildman–Crippen LogP) is 34.5. The number of hydrogen-bond donors (Lipinski definition) is 0. The van der Waals surface area contributed by atoms with Gasteiger partial charge in [0.25, 0.3) is 0 Å². The van der Waals surface area contributed by atoms with Crippen LogP contribution >= 0.6 is 0 Å². The smallest absolute Gasteiger partial charge is 0.128 e. The van der Waals surface area contributed by atoms with Crippen molar-refractivity contribution in [3.05, 3.63) is 456 Å². The van der Waals surface area contributed by atoms with E-state index >= 15 is 0 Å². The summed E-state index contributed by atoms with van der Waals surface area (Å²) in [5.41, 5.74) is 25.4. The van der Waals surface area contributed by atoms with Gasteiger partial charge in [-0.05, 0) is 224 Å². The molecule has 1 aromatic heterocycles. The largest absolute Gasteiger partial charge is 0.457 e. The SMILES string of the molecule is CC(C)(C)C1C=C(c2cccc(-c3ccccc3)c2)C=CC1.CC(C)(C)c1ccc(/C=C/c2ccccc2)cc1.CC(C)(C)c1ccc(/C=C\c2ccccc2)cc1.CC(C)(C)c1ccc2ccn(-c3ccccc3)c2c1.CC(C)(C)c1cccc(-c2cccc(Oc3ccccc3)c2)c1.CC(C)(C)c1cccc(Oc2ccc(-c3ccccc3)cc2)c1. The van der Waals surface area contributed by atoms with Crippen LogP contribution in [0.5, 0.6) is 23.0 Å². The second-order valence-electron chi connectivity index (χ2n) is 38.0. The average Bonchev–Trinajstić information content (AvgIpc) is 1.64. The van der Waals surface area contributed by atoms with Crippen molar-refractivity contribution in [3.8, 4) is 62.1 Å². The second kappa shape index (κ2) is 42.1. The van der Waals surface area contributed by atoms with Gasteiger partial charge >= 0.3 is 0 Å². The van der Waals surface area contributed by atoms with Crippen LogP contribution in [0.4, 0.5) is 0 Å². The minimum absolute atomic E-state index is 0.122. The number of ether oxygens (including phenoxy) is 2. The lowest BCUT2D eigenvalue weighted by atomic mass is 9.75. The van der Waals surface area contributed by atoms with Crippen molar-refractivity contribution in [2.45, 2.75) is 158 Å². The highest BCUT2D eigenvalue weighted by Crippen LogP contribution is 2.39. The molecule has 624 valence electrons. The Balaban J connectivity index is 0.000000144. The maximum absolute atomic E-state index is 6.01. The van der Waals surface area contributed by atoms with Crippen LogP contribution in [0.2, 0.25) is 0 Å². The first-order chi connectivity index (χ1) is 58.7. The molecule has 0 amide bonds. The van der Waals surface area contributed by atoms with E-state index in [9.17, 15) is 0 Å². The molecule has 123 heavy (non-hydrogen) atoms. The molecule has 3 heteroatoms. The van der Waals surface area contributed by atoms with Crippen molar-refractivity contribution in [2.24, 2.45) is 11.3 Å². The van der Waals surface area contributed by atoms with Gasteiger partial charge in [0.2, 0.25) is 0 Å². The molecule has 0 aliphatic heterocycles. The number of aromatic nitrogens is 1. The molecular formula is C120H127NO2. The number of allylic oxidation sites excluding steroid dienone is 4. The van der Waals surface area contributed by atoms with E-state index in [0.29, 0.717) is 11.3 Å². The Kier molecular flexibility index (Phi) is 31.1. The molecule has 16 rings (SSSR count). The van der Waals surface area contributed by atoms with Crippen molar-refractivity contribution in [1.82, 2.24) is 4.57 Å². The summed E-state index contributed by atoms with van der Waals surface area (Å²) in [7, 11) is 0. The van der Waals surface area contributed by atoms with Gasteiger partial charge < -0.3 is 14.0 Å². The number of hydrogen-bond acceptors (Lipinski definition) is 2. The summed E-state index contributed by atoms with van der Waals surface area (Å²) < 4.78 is 14.2. The molecule has 14 aromatic carbocycles. The summed E-state index contributed by atoms with van der Waals surface area (Å²) in [5.74, 6) is 4.05. The quantitative estimate of drug-likeness (QED) is 0.107. The first-order valence-corrected chi connectivity index (χ1v) is 43.5. The summed E-state index contributed by atoms with van der Waals surface area (Å²) in [5, 5.41) is 1.29. The Labute approximate surface area is 737 Å². The highest BCUT2D eigenvalue weighted by Gasteiger charge is 2.25. The molecule has 15 aromatic rings. The minimum Gasteiger partial charge on any atom is -0.457 e. The Morgan fingerprint density at radius 2 is 0.602 bits per heavy atom. The van der Waals surface area contributed by atoms with Gasteiger partial charge in [-0.25, -0.2) is 0 Å². The third-order valence-corrected chi connectivity index (χ3v) is 21.9. The molecule has 0 saturated carbocycles. The van der Waals surface area contributed by atoms with Crippen molar-refractivity contribution < 1.29 is 9.47 Å². The fraction of sp³-hybridized carbons (Fsp3) is 0.217. The van der Waals surface area contributed by atoms with Gasteiger partial charge in [-0.3, -0.25) is 0 Å². The molecule has 0 spiro atoms. The summed E-state index contributed by atoms with van der Waals surface area (Å²) >= 11 is 0. The zero-order chi connectivity index (χ0) is 87.6. The van der Waals surface area contributed by atoms with Crippen LogP contribution in [0.3, 0.4) is 0 Å². The molecule has 3 nitrogen and oxygen atoms in total. The molecule has 1 heterocycles. The highest BCUT2D eigenvalue weighted by atomic mass is 16.5. The number of fused-ring (bicyclic) bond motifs is 1. The lowest BCUT2D eigenvalue weighted by Gasteiger charge is -2.30. The Bertz CT molecular complexity index is 5760. The Morgan fingerprint density at radius 3 is 1.08 bits per heavy atom. The molecule has 1 aliphatic carbocycles. The van der Waals surface area contributed by atoms with Crippen LogP contribution in [0.1, 0.15) is 187 Å². The van der Waals surface area contributed by atoms with E-state index in [1.807, 2.05) is 84.9 Å². The first kappa shape index (κ1) is 90.9.